The molecule has 1 amide bonds. The van der Waals surface area contributed by atoms with Crippen LogP contribution < -0.4 is 5.32 Å². The molecule has 0 atom stereocenters. The Kier molecular flexibility index (Phi) is 14.8. The second kappa shape index (κ2) is 14.1. The number of aliphatic hydroxyl groups is 1. The average Bonchev–Trinajstić information content (AvgIpc) is 3.11. The van der Waals surface area contributed by atoms with Crippen molar-refractivity contribution in [1.29, 1.82) is 0 Å². The van der Waals surface area contributed by atoms with Crippen LogP contribution in [-0.4, -0.2) is 40.5 Å². The third kappa shape index (κ3) is 30.1. The number of hydrogen-bond donors (Lipinski definition) is 4. The standard InChI is InChI=1S/C7H14O.C4H10.C3H5NO4/c8-6-2-1-3-7-4-5-7;1-4(2)3;5-2(6)1-4-3(7)8/h7-8H,1-6H2;4H,1-3H3;4H,1H2,(H,5,6)(H,7,8). The zero-order chi connectivity index (χ0) is 16.0. The number of rotatable bonds is 6. The zero-order valence-corrected chi connectivity index (χ0v) is 12.8. The Morgan fingerprint density at radius 3 is 1.90 bits per heavy atom. The lowest BCUT2D eigenvalue weighted by Crippen LogP contribution is -2.27. The van der Waals surface area contributed by atoms with Gasteiger partial charge in [0.2, 0.25) is 0 Å². The Bertz CT molecular complexity index is 235. The van der Waals surface area contributed by atoms with Crippen molar-refractivity contribution in [1.82, 2.24) is 5.32 Å². The van der Waals surface area contributed by atoms with Gasteiger partial charge in [-0.1, -0.05) is 46.5 Å². The Morgan fingerprint density at radius 1 is 1.15 bits per heavy atom. The number of aliphatic hydroxyl groups excluding tert-OH is 1. The van der Waals surface area contributed by atoms with Gasteiger partial charge in [0.1, 0.15) is 6.54 Å². The lowest BCUT2D eigenvalue weighted by atomic mass is 10.2. The van der Waals surface area contributed by atoms with E-state index >= 15 is 0 Å². The van der Waals surface area contributed by atoms with Crippen LogP contribution in [0.4, 0.5) is 4.79 Å². The summed E-state index contributed by atoms with van der Waals surface area (Å²) in [5.41, 5.74) is 0. The predicted octanol–water partition coefficient (Wildman–Crippen LogP) is 2.56. The molecule has 0 aromatic heterocycles. The molecule has 0 radical (unpaired) electrons. The van der Waals surface area contributed by atoms with E-state index in [9.17, 15) is 9.59 Å². The molecule has 0 saturated heterocycles. The minimum Gasteiger partial charge on any atom is -0.480 e. The third-order valence-corrected chi connectivity index (χ3v) is 2.11. The van der Waals surface area contributed by atoms with Crippen molar-refractivity contribution in [2.45, 2.75) is 52.9 Å². The summed E-state index contributed by atoms with van der Waals surface area (Å²) in [7, 11) is 0. The number of carboxylic acids is 1. The van der Waals surface area contributed by atoms with E-state index in [-0.39, 0.29) is 0 Å². The SMILES string of the molecule is CC(C)C.O=C(O)CNC(=O)O.OCCCCC1CC1. The smallest absolute Gasteiger partial charge is 0.405 e. The molecule has 0 spiro atoms. The molecule has 0 heterocycles. The molecule has 120 valence electrons. The molecule has 0 aromatic rings. The second-order valence-corrected chi connectivity index (χ2v) is 5.45. The van der Waals surface area contributed by atoms with E-state index in [1.54, 1.807) is 5.32 Å². The first-order valence-electron chi connectivity index (χ1n) is 7.09. The first-order valence-corrected chi connectivity index (χ1v) is 7.09. The summed E-state index contributed by atoms with van der Waals surface area (Å²) in [5.74, 6) is 0.689. The molecule has 6 nitrogen and oxygen atoms in total. The fourth-order valence-electron chi connectivity index (χ4n) is 1.10. The monoisotopic (exact) mass is 291 g/mol. The van der Waals surface area contributed by atoms with Gasteiger partial charge in [-0.05, 0) is 18.3 Å². The Labute approximate surface area is 121 Å². The van der Waals surface area contributed by atoms with Crippen molar-refractivity contribution < 1.29 is 24.9 Å². The van der Waals surface area contributed by atoms with Crippen LogP contribution in [0.1, 0.15) is 52.9 Å². The van der Waals surface area contributed by atoms with E-state index in [1.165, 1.54) is 25.7 Å². The molecule has 1 rings (SSSR count). The molecule has 20 heavy (non-hydrogen) atoms. The summed E-state index contributed by atoms with van der Waals surface area (Å²) in [5, 5.41) is 25.7. The minimum absolute atomic E-state index is 0.382. The van der Waals surface area contributed by atoms with Crippen LogP contribution in [-0.2, 0) is 4.79 Å². The van der Waals surface area contributed by atoms with Crippen LogP contribution in [0.2, 0.25) is 0 Å². The molecule has 6 heteroatoms. The highest BCUT2D eigenvalue weighted by molar-refractivity contribution is 5.75. The molecule has 1 fully saturated rings. The first kappa shape index (κ1) is 21.0. The van der Waals surface area contributed by atoms with Crippen LogP contribution in [0.5, 0.6) is 0 Å². The van der Waals surface area contributed by atoms with Gasteiger partial charge in [-0.15, -0.1) is 0 Å². The van der Waals surface area contributed by atoms with Crippen LogP contribution in [0.3, 0.4) is 0 Å². The summed E-state index contributed by atoms with van der Waals surface area (Å²) in [4.78, 5) is 19.1. The van der Waals surface area contributed by atoms with E-state index in [0.717, 1.165) is 18.3 Å². The number of carbonyl (C=O) groups is 2. The lowest BCUT2D eigenvalue weighted by Gasteiger charge is -1.92. The van der Waals surface area contributed by atoms with Crippen molar-refractivity contribution in [3.63, 3.8) is 0 Å². The molecule has 1 aliphatic rings. The predicted molar refractivity (Wildman–Crippen MR) is 77.8 cm³/mol. The summed E-state index contributed by atoms with van der Waals surface area (Å²) in [6.45, 7) is 6.34. The minimum atomic E-state index is -1.33. The molecular weight excluding hydrogens is 262 g/mol. The average molecular weight is 291 g/mol. The molecule has 1 saturated carbocycles. The van der Waals surface area contributed by atoms with Gasteiger partial charge in [0.05, 0.1) is 0 Å². The number of carboxylic acid groups (broad SMARTS) is 2. The van der Waals surface area contributed by atoms with Gasteiger partial charge in [0.15, 0.2) is 0 Å². The van der Waals surface area contributed by atoms with Gasteiger partial charge in [0.25, 0.3) is 0 Å². The number of hydrogen-bond acceptors (Lipinski definition) is 3. The highest BCUT2D eigenvalue weighted by atomic mass is 16.4. The Hall–Kier alpha value is -1.30. The van der Waals surface area contributed by atoms with E-state index in [0.29, 0.717) is 6.61 Å². The number of amides is 1. The fraction of sp³-hybridized carbons (Fsp3) is 0.857. The van der Waals surface area contributed by atoms with Crippen molar-refractivity contribution in [2.24, 2.45) is 11.8 Å². The highest BCUT2D eigenvalue weighted by Gasteiger charge is 2.19. The molecule has 0 aromatic carbocycles. The van der Waals surface area contributed by atoms with Crippen LogP contribution in [0.25, 0.3) is 0 Å². The molecule has 4 N–H and O–H groups in total. The Balaban J connectivity index is 0. The van der Waals surface area contributed by atoms with Crippen LogP contribution in [0.15, 0.2) is 0 Å². The molecule has 1 aliphatic carbocycles. The molecular formula is C14H29NO5. The number of unbranched alkanes of at least 4 members (excludes halogenated alkanes) is 1. The topological polar surface area (TPSA) is 107 Å². The van der Waals surface area contributed by atoms with Gasteiger partial charge in [-0.2, -0.15) is 0 Å². The van der Waals surface area contributed by atoms with Gasteiger partial charge < -0.3 is 20.6 Å². The van der Waals surface area contributed by atoms with E-state index in [2.05, 4.69) is 20.8 Å². The van der Waals surface area contributed by atoms with E-state index in [1.807, 2.05) is 0 Å². The van der Waals surface area contributed by atoms with Crippen molar-refractivity contribution in [2.75, 3.05) is 13.2 Å². The van der Waals surface area contributed by atoms with Crippen molar-refractivity contribution in [3.05, 3.63) is 0 Å². The molecule has 0 unspecified atom stereocenters. The van der Waals surface area contributed by atoms with E-state index in [4.69, 9.17) is 15.3 Å². The van der Waals surface area contributed by atoms with Crippen molar-refractivity contribution >= 4 is 12.1 Å². The summed E-state index contributed by atoms with van der Waals surface area (Å²) < 4.78 is 0. The van der Waals surface area contributed by atoms with Gasteiger partial charge in [-0.3, -0.25) is 4.79 Å². The van der Waals surface area contributed by atoms with Gasteiger partial charge in [0, 0.05) is 6.61 Å². The second-order valence-electron chi connectivity index (χ2n) is 5.45. The third-order valence-electron chi connectivity index (χ3n) is 2.11. The largest absolute Gasteiger partial charge is 0.480 e. The van der Waals surface area contributed by atoms with Crippen molar-refractivity contribution in [3.8, 4) is 0 Å². The highest BCUT2D eigenvalue weighted by Crippen LogP contribution is 2.33. The number of aliphatic carboxylic acids is 1. The zero-order valence-electron chi connectivity index (χ0n) is 12.8. The summed E-state index contributed by atoms with van der Waals surface area (Å²) in [6, 6.07) is 0. The molecule has 0 aliphatic heterocycles. The summed E-state index contributed by atoms with van der Waals surface area (Å²) in [6.07, 6.45) is 5.18. The fourth-order valence-corrected chi connectivity index (χ4v) is 1.10. The van der Waals surface area contributed by atoms with Crippen LogP contribution >= 0.6 is 0 Å². The van der Waals surface area contributed by atoms with Gasteiger partial charge in [-0.25, -0.2) is 4.79 Å². The first-order chi connectivity index (χ1) is 9.29. The maximum absolute atomic E-state index is 9.58. The normalized spacial score (nSPS) is 12.7. The quantitative estimate of drug-likeness (QED) is 0.563. The lowest BCUT2D eigenvalue weighted by molar-refractivity contribution is -0.135. The molecule has 0 bridgehead atoms. The maximum atomic E-state index is 9.58. The van der Waals surface area contributed by atoms with Crippen LogP contribution in [0, 0.1) is 11.8 Å². The number of nitrogens with one attached hydrogen (secondary N) is 1. The Morgan fingerprint density at radius 2 is 1.65 bits per heavy atom. The van der Waals surface area contributed by atoms with E-state index < -0.39 is 18.6 Å². The van der Waals surface area contributed by atoms with Gasteiger partial charge >= 0.3 is 12.1 Å². The summed E-state index contributed by atoms with van der Waals surface area (Å²) >= 11 is 0. The maximum Gasteiger partial charge on any atom is 0.405 e.